The Balaban J connectivity index is 2.67. The van der Waals surface area contributed by atoms with Gasteiger partial charge in [-0.1, -0.05) is 38.9 Å². The molecule has 0 spiro atoms. The van der Waals surface area contributed by atoms with Crippen molar-refractivity contribution in [1.82, 2.24) is 10.2 Å². The molecule has 6 heteroatoms. The number of amides is 2. The minimum absolute atomic E-state index is 0.0225. The van der Waals surface area contributed by atoms with Gasteiger partial charge in [0.15, 0.2) is 0 Å². The third-order valence-corrected chi connectivity index (χ3v) is 4.51. The molecule has 0 aliphatic carbocycles. The quantitative estimate of drug-likeness (QED) is 0.667. The lowest BCUT2D eigenvalue weighted by Crippen LogP contribution is -2.51. The van der Waals surface area contributed by atoms with Crippen molar-refractivity contribution in [2.24, 2.45) is 11.1 Å². The van der Waals surface area contributed by atoms with Gasteiger partial charge in [0.25, 0.3) is 0 Å². The molecule has 0 unspecified atom stereocenters. The summed E-state index contributed by atoms with van der Waals surface area (Å²) >= 11 is 5.15. The molecule has 1 rings (SSSR count). The van der Waals surface area contributed by atoms with Crippen LogP contribution in [0.4, 0.5) is 0 Å². The maximum absolute atomic E-state index is 12.6. The predicted molar refractivity (Wildman–Crippen MR) is 87.9 cm³/mol. The highest BCUT2D eigenvalue weighted by molar-refractivity contribution is 7.80. The zero-order valence-electron chi connectivity index (χ0n) is 13.1. The van der Waals surface area contributed by atoms with Gasteiger partial charge in [-0.15, -0.1) is 0 Å². The van der Waals surface area contributed by atoms with Gasteiger partial charge in [0.05, 0.1) is 16.9 Å². The lowest BCUT2D eigenvalue weighted by molar-refractivity contribution is -0.134. The fraction of sp³-hybridized carbons (Fsp3) is 0.800. The molecule has 1 aliphatic heterocycles. The fourth-order valence-electron chi connectivity index (χ4n) is 2.97. The molecule has 0 atom stereocenters. The summed E-state index contributed by atoms with van der Waals surface area (Å²) in [5, 5.41) is 2.75. The molecule has 1 aliphatic rings. The Hall–Kier alpha value is -1.17. The van der Waals surface area contributed by atoms with E-state index in [0.29, 0.717) is 12.8 Å². The van der Waals surface area contributed by atoms with Crippen LogP contribution in [0.15, 0.2) is 0 Å². The van der Waals surface area contributed by atoms with E-state index >= 15 is 0 Å². The van der Waals surface area contributed by atoms with Crippen molar-refractivity contribution in [1.29, 1.82) is 0 Å². The third kappa shape index (κ3) is 4.40. The fourth-order valence-corrected chi connectivity index (χ4v) is 3.26. The van der Waals surface area contributed by atoms with Gasteiger partial charge in [-0.25, -0.2) is 0 Å². The van der Waals surface area contributed by atoms with Gasteiger partial charge in [-0.2, -0.15) is 0 Å². The molecule has 0 aromatic rings. The van der Waals surface area contributed by atoms with E-state index in [1.165, 1.54) is 0 Å². The van der Waals surface area contributed by atoms with Crippen molar-refractivity contribution in [3.05, 3.63) is 0 Å². The number of rotatable bonds is 8. The zero-order valence-corrected chi connectivity index (χ0v) is 13.9. The van der Waals surface area contributed by atoms with Crippen molar-refractivity contribution < 1.29 is 9.59 Å². The van der Waals surface area contributed by atoms with Crippen molar-refractivity contribution in [2.45, 2.75) is 52.4 Å². The van der Waals surface area contributed by atoms with Crippen LogP contribution in [0.1, 0.15) is 52.4 Å². The topological polar surface area (TPSA) is 75.4 Å². The summed E-state index contributed by atoms with van der Waals surface area (Å²) in [6, 6.07) is 0. The van der Waals surface area contributed by atoms with Crippen LogP contribution in [-0.2, 0) is 9.59 Å². The standard InChI is InChI=1S/C15H27N3O2S/c1-3-7-15(8-4-2,13(16)21)14(20)17-11-12(19)18-9-5-6-10-18/h3-11H2,1-2H3,(H2,16,21)(H,17,20). The second-order valence-electron chi connectivity index (χ2n) is 5.72. The molecule has 1 fully saturated rings. The SMILES string of the molecule is CCCC(CCC)(C(=O)NCC(=O)N1CCCC1)C(N)=S. The smallest absolute Gasteiger partial charge is 0.241 e. The minimum Gasteiger partial charge on any atom is -0.392 e. The Morgan fingerprint density at radius 2 is 1.71 bits per heavy atom. The lowest BCUT2D eigenvalue weighted by Gasteiger charge is -2.31. The zero-order chi connectivity index (χ0) is 15.9. The summed E-state index contributed by atoms with van der Waals surface area (Å²) in [5.74, 6) is -0.225. The van der Waals surface area contributed by atoms with Gasteiger partial charge in [-0.3, -0.25) is 9.59 Å². The highest BCUT2D eigenvalue weighted by atomic mass is 32.1. The number of hydrogen-bond donors (Lipinski definition) is 2. The summed E-state index contributed by atoms with van der Waals surface area (Å²) in [4.78, 5) is 26.6. The maximum Gasteiger partial charge on any atom is 0.241 e. The molecule has 3 N–H and O–H groups in total. The number of likely N-dealkylation sites (tertiary alicyclic amines) is 1. The number of nitrogens with two attached hydrogens (primary N) is 1. The second-order valence-corrected chi connectivity index (χ2v) is 6.16. The first-order valence-corrected chi connectivity index (χ1v) is 8.24. The number of nitrogens with zero attached hydrogens (tertiary/aromatic N) is 1. The highest BCUT2D eigenvalue weighted by Gasteiger charge is 2.40. The van der Waals surface area contributed by atoms with Crippen LogP contribution in [0.5, 0.6) is 0 Å². The van der Waals surface area contributed by atoms with Crippen LogP contribution in [0.25, 0.3) is 0 Å². The summed E-state index contributed by atoms with van der Waals surface area (Å²) in [6.45, 7) is 5.63. The first kappa shape index (κ1) is 17.9. The second kappa shape index (κ2) is 8.32. The van der Waals surface area contributed by atoms with E-state index in [1.807, 2.05) is 13.8 Å². The number of nitrogens with one attached hydrogen (secondary N) is 1. The number of thiocarbonyl (C=S) groups is 1. The summed E-state index contributed by atoms with van der Waals surface area (Å²) < 4.78 is 0. The molecule has 21 heavy (non-hydrogen) atoms. The summed E-state index contributed by atoms with van der Waals surface area (Å²) in [7, 11) is 0. The van der Waals surface area contributed by atoms with E-state index in [4.69, 9.17) is 18.0 Å². The molecular weight excluding hydrogens is 286 g/mol. The third-order valence-electron chi connectivity index (χ3n) is 4.12. The molecule has 0 aromatic carbocycles. The van der Waals surface area contributed by atoms with Gasteiger partial charge in [0.2, 0.25) is 11.8 Å². The summed E-state index contributed by atoms with van der Waals surface area (Å²) in [6.07, 6.45) is 4.99. The minimum atomic E-state index is -0.815. The van der Waals surface area contributed by atoms with Crippen LogP contribution < -0.4 is 11.1 Å². The Morgan fingerprint density at radius 3 is 2.14 bits per heavy atom. The summed E-state index contributed by atoms with van der Waals surface area (Å²) in [5.41, 5.74) is 5.03. The number of carbonyl (C=O) groups is 2. The molecule has 120 valence electrons. The van der Waals surface area contributed by atoms with Gasteiger partial charge in [0.1, 0.15) is 0 Å². The normalized spacial score (nSPS) is 15.0. The Morgan fingerprint density at radius 1 is 1.19 bits per heavy atom. The van der Waals surface area contributed by atoms with E-state index in [0.717, 1.165) is 38.8 Å². The molecule has 0 saturated carbocycles. The van der Waals surface area contributed by atoms with Crippen molar-refractivity contribution in [3.8, 4) is 0 Å². The molecule has 1 saturated heterocycles. The average Bonchev–Trinajstić information content (AvgIpc) is 2.97. The van der Waals surface area contributed by atoms with Gasteiger partial charge in [0, 0.05) is 13.1 Å². The van der Waals surface area contributed by atoms with Gasteiger partial charge in [-0.05, 0) is 25.7 Å². The van der Waals surface area contributed by atoms with Gasteiger partial charge < -0.3 is 16.0 Å². The largest absolute Gasteiger partial charge is 0.392 e. The first-order valence-electron chi connectivity index (χ1n) is 7.84. The number of hydrogen-bond acceptors (Lipinski definition) is 3. The Kier molecular flexibility index (Phi) is 7.08. The van der Waals surface area contributed by atoms with E-state index in [9.17, 15) is 9.59 Å². The lowest BCUT2D eigenvalue weighted by atomic mass is 9.78. The molecule has 5 nitrogen and oxygen atoms in total. The average molecular weight is 313 g/mol. The van der Waals surface area contributed by atoms with Crippen molar-refractivity contribution in [2.75, 3.05) is 19.6 Å². The molecule has 0 radical (unpaired) electrons. The number of carbonyl (C=O) groups excluding carboxylic acids is 2. The van der Waals surface area contributed by atoms with E-state index in [2.05, 4.69) is 5.32 Å². The van der Waals surface area contributed by atoms with E-state index < -0.39 is 5.41 Å². The van der Waals surface area contributed by atoms with Crippen LogP contribution in [0.2, 0.25) is 0 Å². The van der Waals surface area contributed by atoms with Crippen molar-refractivity contribution >= 4 is 29.0 Å². The monoisotopic (exact) mass is 313 g/mol. The molecular formula is C15H27N3O2S. The maximum atomic E-state index is 12.6. The molecule has 0 aromatic heterocycles. The van der Waals surface area contributed by atoms with E-state index in [1.54, 1.807) is 4.90 Å². The van der Waals surface area contributed by atoms with Gasteiger partial charge >= 0.3 is 0 Å². The Bertz CT molecular complexity index is 386. The molecule has 1 heterocycles. The molecule has 0 bridgehead atoms. The molecule has 2 amide bonds. The van der Waals surface area contributed by atoms with Crippen LogP contribution in [0.3, 0.4) is 0 Å². The first-order chi connectivity index (χ1) is 9.97. The van der Waals surface area contributed by atoms with E-state index in [-0.39, 0.29) is 23.3 Å². The highest BCUT2D eigenvalue weighted by Crippen LogP contribution is 2.30. The van der Waals surface area contributed by atoms with Crippen LogP contribution in [0, 0.1) is 5.41 Å². The predicted octanol–water partition coefficient (Wildman–Crippen LogP) is 1.60. The van der Waals surface area contributed by atoms with Crippen molar-refractivity contribution in [3.63, 3.8) is 0 Å². The Labute approximate surface area is 132 Å². The van der Waals surface area contributed by atoms with Crippen LogP contribution in [-0.4, -0.2) is 41.3 Å². The van der Waals surface area contributed by atoms with Crippen LogP contribution >= 0.6 is 12.2 Å².